The molecule has 2 heterocycles. The van der Waals surface area contributed by atoms with Gasteiger partial charge in [-0.15, -0.1) is 0 Å². The molecule has 0 aromatic heterocycles. The summed E-state index contributed by atoms with van der Waals surface area (Å²) < 4.78 is 12.8. The topological polar surface area (TPSA) is 18.5 Å². The van der Waals surface area contributed by atoms with Gasteiger partial charge >= 0.3 is 0 Å². The number of ether oxygens (including phenoxy) is 2. The van der Waals surface area contributed by atoms with E-state index in [0.29, 0.717) is 0 Å². The second-order valence-corrected chi connectivity index (χ2v) is 5.29. The van der Waals surface area contributed by atoms with E-state index in [1.807, 2.05) is 0 Å². The molecule has 2 unspecified atom stereocenters. The summed E-state index contributed by atoms with van der Waals surface area (Å²) in [6.07, 6.45) is 4.74. The van der Waals surface area contributed by atoms with Gasteiger partial charge < -0.3 is 9.47 Å². The molecule has 3 heteroatoms. The third-order valence-corrected chi connectivity index (χ3v) is 4.75. The highest BCUT2D eigenvalue weighted by Gasteiger charge is 2.46. The van der Waals surface area contributed by atoms with E-state index in [1.54, 1.807) is 0 Å². The van der Waals surface area contributed by atoms with E-state index in [-0.39, 0.29) is 11.2 Å². The van der Waals surface area contributed by atoms with Crippen molar-refractivity contribution in [3.05, 3.63) is 0 Å². The van der Waals surface area contributed by atoms with E-state index in [1.165, 1.54) is 19.3 Å². The predicted octanol–water partition coefficient (Wildman–Crippen LogP) is 2.54. The molecule has 1 spiro atoms. The van der Waals surface area contributed by atoms with Gasteiger partial charge in [-0.05, 0) is 32.6 Å². The minimum Gasteiger partial charge on any atom is -0.378 e. The van der Waals surface area contributed by atoms with E-state index >= 15 is 0 Å². The second kappa shape index (κ2) is 3.66. The first-order valence-electron chi connectivity index (χ1n) is 5.02. The summed E-state index contributed by atoms with van der Waals surface area (Å²) in [7, 11) is 0. The fourth-order valence-electron chi connectivity index (χ4n) is 2.32. The van der Waals surface area contributed by atoms with Crippen molar-refractivity contribution < 1.29 is 9.47 Å². The van der Waals surface area contributed by atoms with Crippen molar-refractivity contribution in [2.45, 2.75) is 43.8 Å². The van der Waals surface area contributed by atoms with Gasteiger partial charge in [0.25, 0.3) is 0 Å². The predicted molar refractivity (Wildman–Crippen MR) is 60.4 cm³/mol. The lowest BCUT2D eigenvalue weighted by Crippen LogP contribution is -2.41. The van der Waals surface area contributed by atoms with Gasteiger partial charge in [0.1, 0.15) is 0 Å². The average molecular weight is 296 g/mol. The molecule has 0 aromatic rings. The lowest BCUT2D eigenvalue weighted by Gasteiger charge is -2.35. The Kier molecular flexibility index (Phi) is 2.87. The molecule has 2 atom stereocenters. The van der Waals surface area contributed by atoms with Crippen LogP contribution < -0.4 is 0 Å². The number of alkyl halides is 1. The monoisotopic (exact) mass is 296 g/mol. The lowest BCUT2D eigenvalue weighted by molar-refractivity contribution is -0.144. The number of hydrogen-bond acceptors (Lipinski definition) is 2. The van der Waals surface area contributed by atoms with Gasteiger partial charge in [-0.3, -0.25) is 0 Å². The summed E-state index contributed by atoms with van der Waals surface area (Å²) in [6.45, 7) is 3.97. The average Bonchev–Trinajstić information content (AvgIpc) is 2.47. The first kappa shape index (κ1) is 10.2. The Bertz CT molecular complexity index is 189. The molecule has 0 radical (unpaired) electrons. The van der Waals surface area contributed by atoms with Gasteiger partial charge in [0.15, 0.2) is 0 Å². The van der Waals surface area contributed by atoms with Gasteiger partial charge in [0.2, 0.25) is 0 Å². The number of hydrogen-bond donors (Lipinski definition) is 0. The second-order valence-electron chi connectivity index (χ2n) is 4.52. The highest BCUT2D eigenvalue weighted by atomic mass is 127. The molecule has 2 aliphatic heterocycles. The Balaban J connectivity index is 2.02. The third kappa shape index (κ3) is 2.02. The van der Waals surface area contributed by atoms with E-state index in [0.717, 1.165) is 24.1 Å². The molecule has 76 valence electrons. The van der Waals surface area contributed by atoms with Crippen LogP contribution in [-0.2, 0) is 9.47 Å². The fraction of sp³-hybridized carbons (Fsp3) is 1.00. The molecule has 0 bridgehead atoms. The van der Waals surface area contributed by atoms with Crippen LogP contribution in [0.5, 0.6) is 0 Å². The fourth-order valence-corrected chi connectivity index (χ4v) is 2.85. The molecule has 0 aliphatic carbocycles. The van der Waals surface area contributed by atoms with Crippen LogP contribution in [-0.4, -0.2) is 28.8 Å². The smallest absolute Gasteiger partial charge is 0.0924 e. The van der Waals surface area contributed by atoms with Crippen LogP contribution in [0.4, 0.5) is 0 Å². The van der Waals surface area contributed by atoms with Gasteiger partial charge in [0, 0.05) is 11.0 Å². The van der Waals surface area contributed by atoms with Crippen molar-refractivity contribution >= 4 is 22.6 Å². The zero-order chi connectivity index (χ0) is 9.36. The molecule has 0 amide bonds. The standard InChI is InChI=1S/C10H17IO2/c1-9(7-11)4-5-10(13-9)3-2-6-12-8-10/h2-8H2,1H3. The number of halogens is 1. The normalized spacial score (nSPS) is 45.7. The summed E-state index contributed by atoms with van der Waals surface area (Å²) in [4.78, 5) is 0. The molecule has 0 N–H and O–H groups in total. The van der Waals surface area contributed by atoms with Crippen molar-refractivity contribution in [3.63, 3.8) is 0 Å². The van der Waals surface area contributed by atoms with Crippen molar-refractivity contribution in [2.75, 3.05) is 17.6 Å². The highest BCUT2D eigenvalue weighted by molar-refractivity contribution is 14.1. The van der Waals surface area contributed by atoms with Crippen molar-refractivity contribution in [1.82, 2.24) is 0 Å². The molecule has 2 aliphatic rings. The lowest BCUT2D eigenvalue weighted by atomic mass is 9.92. The van der Waals surface area contributed by atoms with Crippen LogP contribution in [0.15, 0.2) is 0 Å². The summed E-state index contributed by atoms with van der Waals surface area (Å²) in [6, 6.07) is 0. The van der Waals surface area contributed by atoms with Gasteiger partial charge in [-0.25, -0.2) is 0 Å². The quantitative estimate of drug-likeness (QED) is 0.547. The Hall–Kier alpha value is 0.650. The van der Waals surface area contributed by atoms with Gasteiger partial charge in [-0.2, -0.15) is 0 Å². The molecule has 2 rings (SSSR count). The molecular weight excluding hydrogens is 279 g/mol. The molecule has 13 heavy (non-hydrogen) atoms. The molecule has 0 aromatic carbocycles. The minimum atomic E-state index is 0.0815. The van der Waals surface area contributed by atoms with Crippen molar-refractivity contribution in [2.24, 2.45) is 0 Å². The Labute approximate surface area is 93.5 Å². The summed E-state index contributed by atoms with van der Waals surface area (Å²) in [5.74, 6) is 0. The number of rotatable bonds is 1. The molecule has 0 saturated carbocycles. The van der Waals surface area contributed by atoms with E-state index < -0.39 is 0 Å². The van der Waals surface area contributed by atoms with E-state index in [2.05, 4.69) is 29.5 Å². The van der Waals surface area contributed by atoms with Crippen LogP contribution in [0.3, 0.4) is 0 Å². The Morgan fingerprint density at radius 1 is 1.31 bits per heavy atom. The zero-order valence-electron chi connectivity index (χ0n) is 8.14. The first-order valence-corrected chi connectivity index (χ1v) is 6.55. The summed E-state index contributed by atoms with van der Waals surface area (Å²) in [5.41, 5.74) is 0.194. The largest absolute Gasteiger partial charge is 0.378 e. The van der Waals surface area contributed by atoms with Crippen molar-refractivity contribution in [1.29, 1.82) is 0 Å². The third-order valence-electron chi connectivity index (χ3n) is 3.14. The van der Waals surface area contributed by atoms with Crippen LogP contribution >= 0.6 is 22.6 Å². The van der Waals surface area contributed by atoms with Gasteiger partial charge in [0.05, 0.1) is 17.8 Å². The summed E-state index contributed by atoms with van der Waals surface area (Å²) >= 11 is 2.42. The maximum Gasteiger partial charge on any atom is 0.0924 e. The molecular formula is C10H17IO2. The van der Waals surface area contributed by atoms with Crippen LogP contribution in [0.25, 0.3) is 0 Å². The van der Waals surface area contributed by atoms with E-state index in [9.17, 15) is 0 Å². The maximum absolute atomic E-state index is 6.19. The SMILES string of the molecule is CC1(CI)CCC2(CCCOC2)O1. The summed E-state index contributed by atoms with van der Waals surface area (Å²) in [5, 5.41) is 0. The van der Waals surface area contributed by atoms with E-state index in [4.69, 9.17) is 9.47 Å². The maximum atomic E-state index is 6.19. The Morgan fingerprint density at radius 3 is 2.69 bits per heavy atom. The van der Waals surface area contributed by atoms with Gasteiger partial charge in [-0.1, -0.05) is 22.6 Å². The first-order chi connectivity index (χ1) is 6.18. The molecule has 2 saturated heterocycles. The van der Waals surface area contributed by atoms with Crippen LogP contribution in [0.2, 0.25) is 0 Å². The van der Waals surface area contributed by atoms with Crippen LogP contribution in [0, 0.1) is 0 Å². The molecule has 2 fully saturated rings. The zero-order valence-corrected chi connectivity index (χ0v) is 10.3. The van der Waals surface area contributed by atoms with Crippen molar-refractivity contribution in [3.8, 4) is 0 Å². The van der Waals surface area contributed by atoms with Crippen LogP contribution in [0.1, 0.15) is 32.6 Å². The highest BCUT2D eigenvalue weighted by Crippen LogP contribution is 2.43. The Morgan fingerprint density at radius 2 is 2.15 bits per heavy atom. The minimum absolute atomic E-state index is 0.0815. The molecule has 2 nitrogen and oxygen atoms in total.